The van der Waals surface area contributed by atoms with Crippen LogP contribution in [0, 0.1) is 0 Å². The molecule has 0 aromatic carbocycles. The molecule has 17 heavy (non-hydrogen) atoms. The number of rotatable bonds is 5. The number of pyridine rings is 1. The summed E-state index contributed by atoms with van der Waals surface area (Å²) in [5.41, 5.74) is 1.04. The highest BCUT2D eigenvalue weighted by Crippen LogP contribution is 2.23. The summed E-state index contributed by atoms with van der Waals surface area (Å²) in [6.07, 6.45) is 4.11. The van der Waals surface area contributed by atoms with Crippen molar-refractivity contribution in [2.45, 2.75) is 25.5 Å². The minimum Gasteiger partial charge on any atom is -0.474 e. The molecule has 94 valence electrons. The topological polar surface area (TPSA) is 43.4 Å². The average molecular weight is 257 g/mol. The van der Waals surface area contributed by atoms with Crippen LogP contribution in [0.4, 0.5) is 0 Å². The molecular weight excluding hydrogens is 240 g/mol. The second-order valence-corrected chi connectivity index (χ2v) is 4.51. The van der Waals surface area contributed by atoms with Crippen molar-refractivity contribution in [3.05, 3.63) is 22.8 Å². The van der Waals surface area contributed by atoms with Crippen molar-refractivity contribution in [2.24, 2.45) is 0 Å². The monoisotopic (exact) mass is 256 g/mol. The fraction of sp³-hybridized carbons (Fsp3) is 0.583. The second kappa shape index (κ2) is 6.19. The molecule has 0 spiro atoms. The predicted octanol–water partition coefficient (Wildman–Crippen LogP) is 2.01. The Hall–Kier alpha value is -0.840. The number of hydrogen-bond acceptors (Lipinski definition) is 4. The van der Waals surface area contributed by atoms with Crippen molar-refractivity contribution in [3.63, 3.8) is 0 Å². The van der Waals surface area contributed by atoms with Crippen LogP contribution < -0.4 is 10.1 Å². The van der Waals surface area contributed by atoms with Crippen LogP contribution in [-0.2, 0) is 11.3 Å². The Kier molecular flexibility index (Phi) is 4.59. The lowest BCUT2D eigenvalue weighted by atomic mass is 10.2. The van der Waals surface area contributed by atoms with E-state index in [1.807, 2.05) is 13.1 Å². The van der Waals surface area contributed by atoms with Crippen LogP contribution in [-0.4, -0.2) is 31.3 Å². The fourth-order valence-corrected chi connectivity index (χ4v) is 2.06. The number of halogens is 1. The quantitative estimate of drug-likeness (QED) is 0.875. The summed E-state index contributed by atoms with van der Waals surface area (Å²) in [5, 5.41) is 3.60. The van der Waals surface area contributed by atoms with E-state index in [1.54, 1.807) is 6.20 Å². The Bertz CT molecular complexity index is 368. The molecule has 4 nitrogen and oxygen atoms in total. The Labute approximate surface area is 106 Å². The van der Waals surface area contributed by atoms with Crippen molar-refractivity contribution in [2.75, 3.05) is 20.3 Å². The van der Waals surface area contributed by atoms with E-state index in [2.05, 4.69) is 10.3 Å². The molecule has 1 unspecified atom stereocenters. The Balaban J connectivity index is 1.91. The van der Waals surface area contributed by atoms with Gasteiger partial charge in [-0.15, -0.1) is 0 Å². The third-order valence-electron chi connectivity index (χ3n) is 2.67. The van der Waals surface area contributed by atoms with E-state index in [1.165, 1.54) is 0 Å². The van der Waals surface area contributed by atoms with Gasteiger partial charge in [-0.25, -0.2) is 4.98 Å². The van der Waals surface area contributed by atoms with Gasteiger partial charge < -0.3 is 14.8 Å². The first-order valence-corrected chi connectivity index (χ1v) is 6.21. The molecule has 0 amide bonds. The lowest BCUT2D eigenvalue weighted by molar-refractivity contribution is 0.0664. The smallest absolute Gasteiger partial charge is 0.232 e. The maximum atomic E-state index is 6.09. The Morgan fingerprint density at radius 2 is 2.53 bits per heavy atom. The van der Waals surface area contributed by atoms with Gasteiger partial charge in [-0.1, -0.05) is 11.6 Å². The fourth-order valence-electron chi connectivity index (χ4n) is 1.82. The highest BCUT2D eigenvalue weighted by molar-refractivity contribution is 6.31. The van der Waals surface area contributed by atoms with E-state index in [0.717, 1.165) is 31.6 Å². The Morgan fingerprint density at radius 3 is 3.18 bits per heavy atom. The lowest BCUT2D eigenvalue weighted by Crippen LogP contribution is -2.17. The molecule has 0 radical (unpaired) electrons. The Morgan fingerprint density at radius 1 is 1.65 bits per heavy atom. The summed E-state index contributed by atoms with van der Waals surface area (Å²) in [4.78, 5) is 4.21. The molecular formula is C12H17ClN2O2. The van der Waals surface area contributed by atoms with Crippen molar-refractivity contribution in [1.29, 1.82) is 0 Å². The van der Waals surface area contributed by atoms with Crippen LogP contribution in [0.15, 0.2) is 12.3 Å². The van der Waals surface area contributed by atoms with E-state index in [-0.39, 0.29) is 6.10 Å². The maximum absolute atomic E-state index is 6.09. The summed E-state index contributed by atoms with van der Waals surface area (Å²) in [7, 11) is 1.88. The lowest BCUT2D eigenvalue weighted by Gasteiger charge is -2.12. The zero-order valence-electron chi connectivity index (χ0n) is 9.91. The summed E-state index contributed by atoms with van der Waals surface area (Å²) < 4.78 is 11.0. The van der Waals surface area contributed by atoms with Crippen LogP contribution in [0.3, 0.4) is 0 Å². The maximum Gasteiger partial charge on any atom is 0.232 e. The van der Waals surface area contributed by atoms with Crippen molar-refractivity contribution >= 4 is 11.6 Å². The van der Waals surface area contributed by atoms with Crippen molar-refractivity contribution in [3.8, 4) is 5.88 Å². The summed E-state index contributed by atoms with van der Waals surface area (Å²) in [5.74, 6) is 0.488. The number of nitrogens with zero attached hydrogens (tertiary/aromatic N) is 1. The number of aromatic nitrogens is 1. The molecule has 1 N–H and O–H groups in total. The van der Waals surface area contributed by atoms with Crippen LogP contribution >= 0.6 is 11.6 Å². The van der Waals surface area contributed by atoms with Gasteiger partial charge in [0.05, 0.1) is 6.10 Å². The van der Waals surface area contributed by atoms with Crippen molar-refractivity contribution < 1.29 is 9.47 Å². The van der Waals surface area contributed by atoms with E-state index >= 15 is 0 Å². The van der Waals surface area contributed by atoms with E-state index in [0.29, 0.717) is 17.5 Å². The summed E-state index contributed by atoms with van der Waals surface area (Å²) in [6.45, 7) is 2.10. The van der Waals surface area contributed by atoms with Gasteiger partial charge in [0.2, 0.25) is 5.88 Å². The summed E-state index contributed by atoms with van der Waals surface area (Å²) >= 11 is 6.09. The van der Waals surface area contributed by atoms with Gasteiger partial charge in [-0.05, 0) is 31.5 Å². The van der Waals surface area contributed by atoms with Crippen molar-refractivity contribution in [1.82, 2.24) is 10.3 Å². The molecule has 1 aromatic heterocycles. The molecule has 2 rings (SSSR count). The molecule has 5 heteroatoms. The van der Waals surface area contributed by atoms with Gasteiger partial charge in [-0.2, -0.15) is 0 Å². The van der Waals surface area contributed by atoms with E-state index in [9.17, 15) is 0 Å². The highest BCUT2D eigenvalue weighted by Gasteiger charge is 2.17. The SMILES string of the molecule is CNCc1cnc(OCC2CCCO2)c(Cl)c1. The predicted molar refractivity (Wildman–Crippen MR) is 66.5 cm³/mol. The van der Waals surface area contributed by atoms with Crippen LogP contribution in [0.2, 0.25) is 5.02 Å². The van der Waals surface area contributed by atoms with Gasteiger partial charge in [0.15, 0.2) is 0 Å². The summed E-state index contributed by atoms with van der Waals surface area (Å²) in [6, 6.07) is 1.87. The molecule has 1 atom stereocenters. The molecule has 0 bridgehead atoms. The van der Waals surface area contributed by atoms with E-state index < -0.39 is 0 Å². The molecule has 1 aromatic rings. The van der Waals surface area contributed by atoms with Gasteiger partial charge in [0.1, 0.15) is 11.6 Å². The van der Waals surface area contributed by atoms with Gasteiger partial charge in [0.25, 0.3) is 0 Å². The highest BCUT2D eigenvalue weighted by atomic mass is 35.5. The van der Waals surface area contributed by atoms with Gasteiger partial charge >= 0.3 is 0 Å². The molecule has 0 aliphatic carbocycles. The molecule has 1 aliphatic rings. The second-order valence-electron chi connectivity index (χ2n) is 4.11. The van der Waals surface area contributed by atoms with Crippen LogP contribution in [0.25, 0.3) is 0 Å². The number of hydrogen-bond donors (Lipinski definition) is 1. The minimum absolute atomic E-state index is 0.185. The molecule has 1 fully saturated rings. The van der Waals surface area contributed by atoms with Crippen LogP contribution in [0.1, 0.15) is 18.4 Å². The van der Waals surface area contributed by atoms with E-state index in [4.69, 9.17) is 21.1 Å². The van der Waals surface area contributed by atoms with Gasteiger partial charge in [0, 0.05) is 19.3 Å². The number of nitrogens with one attached hydrogen (secondary N) is 1. The van der Waals surface area contributed by atoms with Gasteiger partial charge in [-0.3, -0.25) is 0 Å². The van der Waals surface area contributed by atoms with Crippen LogP contribution in [0.5, 0.6) is 5.88 Å². The third kappa shape index (κ3) is 3.56. The molecule has 2 heterocycles. The first-order chi connectivity index (χ1) is 8.29. The zero-order chi connectivity index (χ0) is 12.1. The number of ether oxygens (including phenoxy) is 2. The third-order valence-corrected chi connectivity index (χ3v) is 2.95. The average Bonchev–Trinajstić information content (AvgIpc) is 2.81. The standard InChI is InChI=1S/C12H17ClN2O2/c1-14-6-9-5-11(13)12(15-7-9)17-8-10-3-2-4-16-10/h5,7,10,14H,2-4,6,8H2,1H3. The molecule has 1 saturated heterocycles. The first-order valence-electron chi connectivity index (χ1n) is 5.83. The molecule has 0 saturated carbocycles. The minimum atomic E-state index is 0.185. The first kappa shape index (κ1) is 12.6. The molecule has 1 aliphatic heterocycles. The zero-order valence-corrected chi connectivity index (χ0v) is 10.7. The normalized spacial score (nSPS) is 19.5. The largest absolute Gasteiger partial charge is 0.474 e.